The van der Waals surface area contributed by atoms with Gasteiger partial charge in [-0.2, -0.15) is 0 Å². The maximum atomic E-state index is 5.27. The minimum atomic E-state index is 0.760. The SMILES string of the molecule is C=C(NN)c1cccc(C)c1C. The fraction of sp³-hybridized carbons (Fsp3) is 0.200. The van der Waals surface area contributed by atoms with E-state index in [2.05, 4.69) is 31.9 Å². The number of nitrogens with two attached hydrogens (primary N) is 1. The molecule has 0 aliphatic carbocycles. The molecule has 0 amide bonds. The molecule has 0 aliphatic rings. The average Bonchev–Trinajstić information content (AvgIpc) is 2.08. The Kier molecular flexibility index (Phi) is 2.51. The third kappa shape index (κ3) is 1.48. The number of hydrogen-bond acceptors (Lipinski definition) is 2. The summed E-state index contributed by atoms with van der Waals surface area (Å²) in [5.41, 5.74) is 6.87. The Bertz CT molecular complexity index is 303. The Labute approximate surface area is 73.1 Å². The summed E-state index contributed by atoms with van der Waals surface area (Å²) in [7, 11) is 0. The molecule has 0 bridgehead atoms. The van der Waals surface area contributed by atoms with Crippen molar-refractivity contribution in [2.45, 2.75) is 13.8 Å². The van der Waals surface area contributed by atoms with E-state index in [-0.39, 0.29) is 0 Å². The van der Waals surface area contributed by atoms with Crippen LogP contribution in [0, 0.1) is 13.8 Å². The van der Waals surface area contributed by atoms with Crippen LogP contribution in [-0.2, 0) is 0 Å². The van der Waals surface area contributed by atoms with Crippen molar-refractivity contribution >= 4 is 5.70 Å². The number of hydrogen-bond donors (Lipinski definition) is 2. The number of hydrazine groups is 1. The molecule has 2 nitrogen and oxygen atoms in total. The molecule has 1 aromatic rings. The Morgan fingerprint density at radius 1 is 1.42 bits per heavy atom. The molecule has 0 heterocycles. The van der Waals surface area contributed by atoms with Crippen LogP contribution >= 0.6 is 0 Å². The summed E-state index contributed by atoms with van der Waals surface area (Å²) in [5.74, 6) is 5.27. The summed E-state index contributed by atoms with van der Waals surface area (Å²) < 4.78 is 0. The van der Waals surface area contributed by atoms with Crippen LogP contribution in [0.2, 0.25) is 0 Å². The first-order valence-electron chi connectivity index (χ1n) is 3.89. The van der Waals surface area contributed by atoms with E-state index < -0.39 is 0 Å². The Hall–Kier alpha value is -1.28. The first-order valence-corrected chi connectivity index (χ1v) is 3.89. The van der Waals surface area contributed by atoms with Crippen LogP contribution in [0.3, 0.4) is 0 Å². The minimum absolute atomic E-state index is 0.760. The molecule has 1 rings (SSSR count). The molecule has 0 spiro atoms. The predicted octanol–water partition coefficient (Wildman–Crippen LogP) is 1.74. The second kappa shape index (κ2) is 3.41. The van der Waals surface area contributed by atoms with Gasteiger partial charge in [-0.25, -0.2) is 0 Å². The molecule has 3 N–H and O–H groups in total. The lowest BCUT2D eigenvalue weighted by Crippen LogP contribution is -2.19. The van der Waals surface area contributed by atoms with Crippen LogP contribution < -0.4 is 11.3 Å². The van der Waals surface area contributed by atoms with Crippen LogP contribution in [0.15, 0.2) is 24.8 Å². The van der Waals surface area contributed by atoms with E-state index >= 15 is 0 Å². The lowest BCUT2D eigenvalue weighted by atomic mass is 10.0. The van der Waals surface area contributed by atoms with Crippen LogP contribution in [0.25, 0.3) is 5.70 Å². The van der Waals surface area contributed by atoms with Gasteiger partial charge in [0.05, 0.1) is 0 Å². The number of aryl methyl sites for hydroxylation is 1. The van der Waals surface area contributed by atoms with E-state index in [9.17, 15) is 0 Å². The summed E-state index contributed by atoms with van der Waals surface area (Å²) in [6, 6.07) is 6.08. The highest BCUT2D eigenvalue weighted by Crippen LogP contribution is 2.17. The van der Waals surface area contributed by atoms with Crippen molar-refractivity contribution in [2.24, 2.45) is 5.84 Å². The van der Waals surface area contributed by atoms with Crippen molar-refractivity contribution in [3.05, 3.63) is 41.5 Å². The highest BCUT2D eigenvalue weighted by Gasteiger charge is 2.01. The van der Waals surface area contributed by atoms with Gasteiger partial charge in [-0.3, -0.25) is 5.84 Å². The first kappa shape index (κ1) is 8.81. The third-order valence-electron chi connectivity index (χ3n) is 2.10. The molecule has 0 aromatic heterocycles. The second-order valence-corrected chi connectivity index (χ2v) is 2.87. The van der Waals surface area contributed by atoms with Crippen molar-refractivity contribution < 1.29 is 0 Å². The fourth-order valence-corrected chi connectivity index (χ4v) is 1.16. The average molecular weight is 162 g/mol. The van der Waals surface area contributed by atoms with Crippen LogP contribution in [0.4, 0.5) is 0 Å². The smallest absolute Gasteiger partial charge is 0.0488 e. The van der Waals surface area contributed by atoms with Gasteiger partial charge < -0.3 is 5.43 Å². The summed E-state index contributed by atoms with van der Waals surface area (Å²) in [6.45, 7) is 7.94. The van der Waals surface area contributed by atoms with Gasteiger partial charge in [-0.05, 0) is 25.0 Å². The molecule has 0 aliphatic heterocycles. The molecule has 12 heavy (non-hydrogen) atoms. The summed E-state index contributed by atoms with van der Waals surface area (Å²) in [5, 5.41) is 0. The molecule has 0 unspecified atom stereocenters. The third-order valence-corrected chi connectivity index (χ3v) is 2.10. The Morgan fingerprint density at radius 3 is 2.67 bits per heavy atom. The van der Waals surface area contributed by atoms with Crippen molar-refractivity contribution in [1.29, 1.82) is 0 Å². The maximum absolute atomic E-state index is 5.27. The van der Waals surface area contributed by atoms with Crippen molar-refractivity contribution in [3.63, 3.8) is 0 Å². The number of benzene rings is 1. The monoisotopic (exact) mass is 162 g/mol. The zero-order chi connectivity index (χ0) is 9.14. The first-order chi connectivity index (χ1) is 5.66. The van der Waals surface area contributed by atoms with E-state index in [0.717, 1.165) is 11.3 Å². The van der Waals surface area contributed by atoms with E-state index in [1.165, 1.54) is 11.1 Å². The van der Waals surface area contributed by atoms with Gasteiger partial charge in [0.15, 0.2) is 0 Å². The zero-order valence-electron chi connectivity index (χ0n) is 7.52. The minimum Gasteiger partial charge on any atom is -0.324 e. The van der Waals surface area contributed by atoms with E-state index in [1.54, 1.807) is 0 Å². The Morgan fingerprint density at radius 2 is 2.08 bits per heavy atom. The van der Waals surface area contributed by atoms with Crippen molar-refractivity contribution in [3.8, 4) is 0 Å². The van der Waals surface area contributed by atoms with E-state index in [4.69, 9.17) is 5.84 Å². The van der Waals surface area contributed by atoms with E-state index in [1.807, 2.05) is 12.1 Å². The molecule has 0 atom stereocenters. The number of rotatable bonds is 2. The standard InChI is InChI=1S/C10H14N2/c1-7-5-4-6-10(8(7)2)9(3)12-11/h4-6,12H,3,11H2,1-2H3. The van der Waals surface area contributed by atoms with Gasteiger partial charge in [0.2, 0.25) is 0 Å². The topological polar surface area (TPSA) is 38.0 Å². The molecule has 0 fully saturated rings. The molecule has 2 heteroatoms. The maximum Gasteiger partial charge on any atom is 0.0488 e. The molecule has 1 aromatic carbocycles. The molecular formula is C10H14N2. The summed E-state index contributed by atoms with van der Waals surface area (Å²) >= 11 is 0. The van der Waals surface area contributed by atoms with Gasteiger partial charge in [0.25, 0.3) is 0 Å². The van der Waals surface area contributed by atoms with Gasteiger partial charge in [-0.1, -0.05) is 24.8 Å². The second-order valence-electron chi connectivity index (χ2n) is 2.87. The fourth-order valence-electron chi connectivity index (χ4n) is 1.16. The largest absolute Gasteiger partial charge is 0.324 e. The molecule has 0 saturated carbocycles. The van der Waals surface area contributed by atoms with Crippen LogP contribution in [0.1, 0.15) is 16.7 Å². The predicted molar refractivity (Wildman–Crippen MR) is 52.3 cm³/mol. The highest BCUT2D eigenvalue weighted by atomic mass is 15.2. The van der Waals surface area contributed by atoms with Crippen LogP contribution in [0.5, 0.6) is 0 Å². The van der Waals surface area contributed by atoms with Gasteiger partial charge in [0.1, 0.15) is 0 Å². The highest BCUT2D eigenvalue weighted by molar-refractivity contribution is 5.65. The summed E-state index contributed by atoms with van der Waals surface area (Å²) in [6.07, 6.45) is 0. The van der Waals surface area contributed by atoms with Crippen molar-refractivity contribution in [1.82, 2.24) is 5.43 Å². The number of nitrogens with one attached hydrogen (secondary N) is 1. The quantitative estimate of drug-likeness (QED) is 0.513. The molecular weight excluding hydrogens is 148 g/mol. The summed E-state index contributed by atoms with van der Waals surface area (Å²) in [4.78, 5) is 0. The lowest BCUT2D eigenvalue weighted by Gasteiger charge is -2.09. The molecule has 0 radical (unpaired) electrons. The van der Waals surface area contributed by atoms with Gasteiger partial charge in [0, 0.05) is 11.3 Å². The molecule has 64 valence electrons. The Balaban J connectivity index is 3.16. The van der Waals surface area contributed by atoms with Crippen LogP contribution in [-0.4, -0.2) is 0 Å². The normalized spacial score (nSPS) is 9.58. The zero-order valence-corrected chi connectivity index (χ0v) is 7.52. The van der Waals surface area contributed by atoms with Gasteiger partial charge >= 0.3 is 0 Å². The van der Waals surface area contributed by atoms with Crippen molar-refractivity contribution in [2.75, 3.05) is 0 Å². The van der Waals surface area contributed by atoms with E-state index in [0.29, 0.717) is 0 Å². The lowest BCUT2D eigenvalue weighted by molar-refractivity contribution is 0.991. The molecule has 0 saturated heterocycles. The van der Waals surface area contributed by atoms with Gasteiger partial charge in [-0.15, -0.1) is 0 Å².